The van der Waals surface area contributed by atoms with Crippen molar-refractivity contribution in [1.82, 2.24) is 24.1 Å². The van der Waals surface area contributed by atoms with Gasteiger partial charge in [-0.2, -0.15) is 0 Å². The van der Waals surface area contributed by atoms with Crippen molar-refractivity contribution in [1.29, 1.82) is 0 Å². The zero-order chi connectivity index (χ0) is 18.3. The van der Waals surface area contributed by atoms with Crippen molar-refractivity contribution in [3.8, 4) is 11.4 Å². The Kier molecular flexibility index (Phi) is 4.33. The number of halogens is 1. The second-order valence-corrected chi connectivity index (χ2v) is 7.49. The van der Waals surface area contributed by atoms with Gasteiger partial charge in [-0.05, 0) is 19.1 Å². The van der Waals surface area contributed by atoms with Crippen LogP contribution in [0.15, 0.2) is 45.7 Å². The minimum atomic E-state index is -0.340. The summed E-state index contributed by atoms with van der Waals surface area (Å²) in [4.78, 5) is 17.4. The zero-order valence-electron chi connectivity index (χ0n) is 14.0. The third kappa shape index (κ3) is 2.93. The van der Waals surface area contributed by atoms with Crippen molar-refractivity contribution in [3.05, 3.63) is 63.3 Å². The van der Waals surface area contributed by atoms with Crippen molar-refractivity contribution < 1.29 is 4.39 Å². The van der Waals surface area contributed by atoms with Gasteiger partial charge in [-0.1, -0.05) is 23.9 Å². The summed E-state index contributed by atoms with van der Waals surface area (Å²) >= 11 is 2.84. The van der Waals surface area contributed by atoms with Crippen LogP contribution in [0, 0.1) is 12.7 Å². The van der Waals surface area contributed by atoms with Crippen LogP contribution in [0.2, 0.25) is 0 Å². The summed E-state index contributed by atoms with van der Waals surface area (Å²) in [6, 6.07) is 8.00. The van der Waals surface area contributed by atoms with Gasteiger partial charge in [0.1, 0.15) is 5.82 Å². The molecule has 0 unspecified atom stereocenters. The first kappa shape index (κ1) is 16.9. The predicted octanol–water partition coefficient (Wildman–Crippen LogP) is 3.29. The second kappa shape index (κ2) is 6.65. The predicted molar refractivity (Wildman–Crippen MR) is 100 cm³/mol. The third-order valence-corrected chi connectivity index (χ3v) is 5.92. The Hall–Kier alpha value is -2.52. The molecule has 0 saturated carbocycles. The lowest BCUT2D eigenvalue weighted by Crippen LogP contribution is -2.14. The van der Waals surface area contributed by atoms with Gasteiger partial charge in [0, 0.05) is 29.9 Å². The number of aryl methyl sites for hydroxylation is 1. The van der Waals surface area contributed by atoms with Crippen molar-refractivity contribution in [2.24, 2.45) is 7.05 Å². The lowest BCUT2D eigenvalue weighted by molar-refractivity contribution is 0.628. The highest BCUT2D eigenvalue weighted by atomic mass is 32.2. The van der Waals surface area contributed by atoms with Crippen molar-refractivity contribution in [2.45, 2.75) is 17.8 Å². The highest BCUT2D eigenvalue weighted by molar-refractivity contribution is 7.98. The van der Waals surface area contributed by atoms with E-state index in [4.69, 9.17) is 0 Å². The molecule has 3 heterocycles. The van der Waals surface area contributed by atoms with E-state index in [0.29, 0.717) is 33.0 Å². The molecule has 0 aliphatic carbocycles. The number of fused-ring (bicyclic) bond motifs is 1. The minimum Gasteiger partial charge on any atom is -0.305 e. The van der Waals surface area contributed by atoms with Gasteiger partial charge in [0.05, 0.1) is 11.3 Å². The fraction of sp³-hybridized carbons (Fsp3) is 0.176. The molecule has 0 N–H and O–H groups in total. The van der Waals surface area contributed by atoms with Crippen LogP contribution in [-0.2, 0) is 12.8 Å². The second-order valence-electron chi connectivity index (χ2n) is 5.71. The SMILES string of the molecule is Cc1csc2nc(CSc3nnc(-c4ccccc4F)n3C)cc(=O)n12. The van der Waals surface area contributed by atoms with E-state index in [1.807, 2.05) is 12.3 Å². The van der Waals surface area contributed by atoms with E-state index in [9.17, 15) is 9.18 Å². The zero-order valence-corrected chi connectivity index (χ0v) is 15.6. The number of rotatable bonds is 4. The monoisotopic (exact) mass is 387 g/mol. The molecular weight excluding hydrogens is 373 g/mol. The van der Waals surface area contributed by atoms with Gasteiger partial charge >= 0.3 is 0 Å². The molecule has 3 aromatic heterocycles. The largest absolute Gasteiger partial charge is 0.305 e. The molecule has 0 aliphatic rings. The fourth-order valence-electron chi connectivity index (χ4n) is 2.63. The van der Waals surface area contributed by atoms with E-state index in [2.05, 4.69) is 15.2 Å². The molecule has 0 aliphatic heterocycles. The summed E-state index contributed by atoms with van der Waals surface area (Å²) in [5, 5.41) is 10.8. The summed E-state index contributed by atoms with van der Waals surface area (Å²) in [6.07, 6.45) is 0. The topological polar surface area (TPSA) is 65.1 Å². The summed E-state index contributed by atoms with van der Waals surface area (Å²) in [5.74, 6) is 0.599. The Labute approximate surface area is 156 Å². The van der Waals surface area contributed by atoms with Crippen LogP contribution in [0.3, 0.4) is 0 Å². The summed E-state index contributed by atoms with van der Waals surface area (Å²) in [7, 11) is 1.79. The summed E-state index contributed by atoms with van der Waals surface area (Å²) in [6.45, 7) is 1.88. The number of thioether (sulfide) groups is 1. The van der Waals surface area contributed by atoms with Gasteiger partial charge in [0.25, 0.3) is 5.56 Å². The molecule has 6 nitrogen and oxygen atoms in total. The lowest BCUT2D eigenvalue weighted by atomic mass is 10.2. The first-order valence-corrected chi connectivity index (χ1v) is 9.65. The molecule has 4 rings (SSSR count). The van der Waals surface area contributed by atoms with Crippen LogP contribution in [0.5, 0.6) is 0 Å². The van der Waals surface area contributed by atoms with Gasteiger partial charge in [-0.15, -0.1) is 21.5 Å². The number of benzene rings is 1. The lowest BCUT2D eigenvalue weighted by Gasteiger charge is -2.05. The Balaban J connectivity index is 1.60. The summed E-state index contributed by atoms with van der Waals surface area (Å²) < 4.78 is 17.3. The molecule has 0 atom stereocenters. The van der Waals surface area contributed by atoms with E-state index in [0.717, 1.165) is 5.69 Å². The van der Waals surface area contributed by atoms with Crippen LogP contribution >= 0.6 is 23.1 Å². The maximum atomic E-state index is 14.0. The number of nitrogens with zero attached hydrogens (tertiary/aromatic N) is 5. The van der Waals surface area contributed by atoms with Crippen molar-refractivity contribution in [2.75, 3.05) is 0 Å². The number of aromatic nitrogens is 5. The standard InChI is InChI=1S/C17H14FN5OS2/c1-10-8-25-16-19-11(7-14(24)23(10)16)9-26-17-21-20-15(22(17)2)12-5-3-4-6-13(12)18/h3-8H,9H2,1-2H3. The molecule has 0 spiro atoms. The van der Waals surface area contributed by atoms with E-state index in [1.165, 1.54) is 35.2 Å². The molecule has 0 radical (unpaired) electrons. The van der Waals surface area contributed by atoms with E-state index < -0.39 is 0 Å². The number of hydrogen-bond donors (Lipinski definition) is 0. The van der Waals surface area contributed by atoms with Gasteiger partial charge < -0.3 is 4.57 Å². The Bertz CT molecular complexity index is 1160. The first-order valence-electron chi connectivity index (χ1n) is 7.78. The van der Waals surface area contributed by atoms with E-state index >= 15 is 0 Å². The average Bonchev–Trinajstić information content (AvgIpc) is 3.17. The van der Waals surface area contributed by atoms with Crippen LogP contribution in [0.25, 0.3) is 16.3 Å². The highest BCUT2D eigenvalue weighted by Gasteiger charge is 2.15. The normalized spacial score (nSPS) is 11.3. The number of thiazole rings is 1. The summed E-state index contributed by atoms with van der Waals surface area (Å²) in [5.41, 5.74) is 1.87. The van der Waals surface area contributed by atoms with Crippen LogP contribution in [0.4, 0.5) is 4.39 Å². The number of hydrogen-bond acceptors (Lipinski definition) is 6. The molecular formula is C17H14FN5OS2. The maximum Gasteiger partial charge on any atom is 0.258 e. The van der Waals surface area contributed by atoms with Crippen LogP contribution in [0.1, 0.15) is 11.4 Å². The van der Waals surface area contributed by atoms with Gasteiger partial charge in [0.2, 0.25) is 0 Å². The van der Waals surface area contributed by atoms with E-state index in [-0.39, 0.29) is 11.4 Å². The highest BCUT2D eigenvalue weighted by Crippen LogP contribution is 2.26. The Morgan fingerprint density at radius 1 is 1.27 bits per heavy atom. The molecule has 0 saturated heterocycles. The van der Waals surface area contributed by atoms with Crippen molar-refractivity contribution in [3.63, 3.8) is 0 Å². The molecule has 132 valence electrons. The first-order chi connectivity index (χ1) is 12.5. The third-order valence-electron chi connectivity index (χ3n) is 3.93. The molecule has 0 fully saturated rings. The fourth-order valence-corrected chi connectivity index (χ4v) is 4.33. The van der Waals surface area contributed by atoms with Crippen LogP contribution < -0.4 is 5.56 Å². The Morgan fingerprint density at radius 2 is 2.08 bits per heavy atom. The van der Waals surface area contributed by atoms with E-state index in [1.54, 1.807) is 34.2 Å². The molecule has 4 aromatic rings. The maximum absolute atomic E-state index is 14.0. The van der Waals surface area contributed by atoms with Gasteiger partial charge in [-0.3, -0.25) is 9.20 Å². The molecule has 9 heteroatoms. The Morgan fingerprint density at radius 3 is 2.88 bits per heavy atom. The van der Waals surface area contributed by atoms with Gasteiger partial charge in [-0.25, -0.2) is 9.37 Å². The molecule has 26 heavy (non-hydrogen) atoms. The molecule has 0 amide bonds. The minimum absolute atomic E-state index is 0.0886. The van der Waals surface area contributed by atoms with Crippen molar-refractivity contribution >= 4 is 28.1 Å². The van der Waals surface area contributed by atoms with Crippen LogP contribution in [-0.4, -0.2) is 24.1 Å². The van der Waals surface area contributed by atoms with Gasteiger partial charge in [0.15, 0.2) is 15.9 Å². The molecule has 1 aromatic carbocycles. The quantitative estimate of drug-likeness (QED) is 0.503. The molecule has 0 bridgehead atoms. The average molecular weight is 387 g/mol. The smallest absolute Gasteiger partial charge is 0.258 e.